The quantitative estimate of drug-likeness (QED) is 0.643. The van der Waals surface area contributed by atoms with E-state index >= 15 is 0 Å². The highest BCUT2D eigenvalue weighted by atomic mass is 19.1. The lowest BCUT2D eigenvalue weighted by atomic mass is 10.2. The number of piperazine rings is 1. The summed E-state index contributed by atoms with van der Waals surface area (Å²) in [6, 6.07) is 10.1. The van der Waals surface area contributed by atoms with E-state index in [0.29, 0.717) is 24.5 Å². The lowest BCUT2D eigenvalue weighted by molar-refractivity contribution is -0.133. The number of hydrogen-bond donors (Lipinski definition) is 0. The molecular weight excluding hydrogens is 371 g/mol. The zero-order valence-electron chi connectivity index (χ0n) is 16.1. The molecule has 4 rings (SSSR count). The van der Waals surface area contributed by atoms with Gasteiger partial charge in [-0.3, -0.25) is 14.7 Å². The normalized spacial score (nSPS) is 14.9. The zero-order valence-corrected chi connectivity index (χ0v) is 16.1. The van der Waals surface area contributed by atoms with Crippen LogP contribution in [0, 0.1) is 5.82 Å². The molecule has 1 saturated heterocycles. The molecule has 1 amide bonds. The average Bonchev–Trinajstić information content (AvgIpc) is 3.23. The van der Waals surface area contributed by atoms with Gasteiger partial charge in [0, 0.05) is 63.5 Å². The van der Waals surface area contributed by atoms with Crippen molar-refractivity contribution < 1.29 is 13.6 Å². The molecule has 0 saturated carbocycles. The summed E-state index contributed by atoms with van der Waals surface area (Å²) in [5, 5.41) is 0. The van der Waals surface area contributed by atoms with Crippen LogP contribution in [0.1, 0.15) is 17.9 Å². The number of benzene rings is 1. The summed E-state index contributed by atoms with van der Waals surface area (Å²) in [5.41, 5.74) is 1.95. The highest BCUT2D eigenvalue weighted by Crippen LogP contribution is 2.21. The van der Waals surface area contributed by atoms with Crippen molar-refractivity contribution in [1.29, 1.82) is 0 Å². The first kappa shape index (κ1) is 19.3. The first-order valence-electron chi connectivity index (χ1n) is 9.77. The molecule has 1 aliphatic heterocycles. The Balaban J connectivity index is 1.24. The maximum atomic E-state index is 13.0. The summed E-state index contributed by atoms with van der Waals surface area (Å²) >= 11 is 0. The van der Waals surface area contributed by atoms with E-state index in [4.69, 9.17) is 4.42 Å². The van der Waals surface area contributed by atoms with Crippen LogP contribution in [0.2, 0.25) is 0 Å². The molecule has 0 bridgehead atoms. The number of aromatic nitrogens is 2. The van der Waals surface area contributed by atoms with E-state index in [1.807, 2.05) is 17.2 Å². The van der Waals surface area contributed by atoms with Crippen molar-refractivity contribution in [3.8, 4) is 11.3 Å². The van der Waals surface area contributed by atoms with E-state index in [1.54, 1.807) is 24.5 Å². The summed E-state index contributed by atoms with van der Waals surface area (Å²) in [6.07, 6.45) is 6.09. The van der Waals surface area contributed by atoms with Gasteiger partial charge in [0.2, 0.25) is 5.91 Å². The number of aryl methyl sites for hydroxylation is 1. The van der Waals surface area contributed by atoms with Gasteiger partial charge in [-0.15, -0.1) is 0 Å². The Morgan fingerprint density at radius 3 is 2.59 bits per heavy atom. The van der Waals surface area contributed by atoms with Crippen LogP contribution in [0.5, 0.6) is 0 Å². The minimum Gasteiger partial charge on any atom is -0.441 e. The maximum Gasteiger partial charge on any atom is 0.223 e. The Bertz CT molecular complexity index is 935. The van der Waals surface area contributed by atoms with Crippen LogP contribution in [-0.4, -0.2) is 51.9 Å². The molecule has 2 aromatic heterocycles. The van der Waals surface area contributed by atoms with Gasteiger partial charge in [0.05, 0.1) is 6.20 Å². The molecule has 29 heavy (non-hydrogen) atoms. The molecule has 1 fully saturated rings. The number of amides is 1. The fourth-order valence-corrected chi connectivity index (χ4v) is 3.45. The Labute approximate surface area is 169 Å². The second-order valence-corrected chi connectivity index (χ2v) is 7.14. The summed E-state index contributed by atoms with van der Waals surface area (Å²) in [4.78, 5) is 25.2. The van der Waals surface area contributed by atoms with Crippen molar-refractivity contribution in [3.05, 3.63) is 72.3 Å². The highest BCUT2D eigenvalue weighted by Gasteiger charge is 2.21. The van der Waals surface area contributed by atoms with Crippen LogP contribution in [0.3, 0.4) is 0 Å². The van der Waals surface area contributed by atoms with Crippen LogP contribution < -0.4 is 0 Å². The van der Waals surface area contributed by atoms with Crippen LogP contribution in [0.25, 0.3) is 11.3 Å². The first-order valence-corrected chi connectivity index (χ1v) is 9.77. The molecule has 0 atom stereocenters. The van der Waals surface area contributed by atoms with Crippen molar-refractivity contribution in [2.75, 3.05) is 26.2 Å². The number of halogens is 1. The van der Waals surface area contributed by atoms with Gasteiger partial charge in [-0.25, -0.2) is 9.37 Å². The fraction of sp³-hybridized carbons (Fsp3) is 0.318. The third kappa shape index (κ3) is 5.06. The number of carbonyl (C=O) groups is 1. The van der Waals surface area contributed by atoms with Gasteiger partial charge in [0.25, 0.3) is 0 Å². The Morgan fingerprint density at radius 1 is 1.07 bits per heavy atom. The van der Waals surface area contributed by atoms with Crippen LogP contribution in [0.15, 0.2) is 59.4 Å². The topological polar surface area (TPSA) is 62.5 Å². The van der Waals surface area contributed by atoms with Gasteiger partial charge < -0.3 is 9.32 Å². The van der Waals surface area contributed by atoms with Crippen molar-refractivity contribution >= 4 is 5.91 Å². The molecule has 6 nitrogen and oxygen atoms in total. The van der Waals surface area contributed by atoms with Crippen molar-refractivity contribution in [3.63, 3.8) is 0 Å². The minimum atomic E-state index is -0.292. The molecule has 1 aliphatic rings. The SMILES string of the molecule is O=C(CCc1ncc(-c2ccc(F)cc2)o1)N1CCN(Cc2cccnc2)CC1. The zero-order chi connectivity index (χ0) is 20.1. The second-order valence-electron chi connectivity index (χ2n) is 7.14. The van der Waals surface area contributed by atoms with E-state index in [2.05, 4.69) is 20.9 Å². The minimum absolute atomic E-state index is 0.118. The third-order valence-electron chi connectivity index (χ3n) is 5.09. The number of hydrogen-bond acceptors (Lipinski definition) is 5. The molecular formula is C22H23FN4O2. The number of carbonyl (C=O) groups excluding carboxylic acids is 1. The molecule has 150 valence electrons. The Hall–Kier alpha value is -3.06. The van der Waals surface area contributed by atoms with Gasteiger partial charge in [0.15, 0.2) is 11.7 Å². The number of pyridine rings is 1. The van der Waals surface area contributed by atoms with E-state index in [9.17, 15) is 9.18 Å². The van der Waals surface area contributed by atoms with E-state index in [0.717, 1.165) is 38.3 Å². The van der Waals surface area contributed by atoms with Gasteiger partial charge in [0.1, 0.15) is 5.82 Å². The van der Waals surface area contributed by atoms with Crippen molar-refractivity contribution in [2.24, 2.45) is 0 Å². The van der Waals surface area contributed by atoms with Crippen LogP contribution in [0.4, 0.5) is 4.39 Å². The largest absolute Gasteiger partial charge is 0.441 e. The first-order chi connectivity index (χ1) is 14.2. The standard InChI is InChI=1S/C22H23FN4O2/c23-19-5-3-18(4-6-19)20-15-25-21(29-20)7-8-22(28)27-12-10-26(11-13-27)16-17-2-1-9-24-14-17/h1-6,9,14-15H,7-8,10-13,16H2. The molecule has 7 heteroatoms. The predicted octanol–water partition coefficient (Wildman–Crippen LogP) is 3.15. The summed E-state index contributed by atoms with van der Waals surface area (Å²) in [6.45, 7) is 4.03. The van der Waals surface area contributed by atoms with E-state index in [-0.39, 0.29) is 11.7 Å². The van der Waals surface area contributed by atoms with Crippen molar-refractivity contribution in [1.82, 2.24) is 19.8 Å². The third-order valence-corrected chi connectivity index (χ3v) is 5.09. The summed E-state index contributed by atoms with van der Waals surface area (Å²) in [5.74, 6) is 0.927. The molecule has 0 spiro atoms. The molecule has 3 heterocycles. The lowest BCUT2D eigenvalue weighted by Gasteiger charge is -2.34. The molecule has 1 aromatic carbocycles. The molecule has 0 aliphatic carbocycles. The van der Waals surface area contributed by atoms with Gasteiger partial charge in [-0.2, -0.15) is 0 Å². The monoisotopic (exact) mass is 394 g/mol. The number of rotatable bonds is 6. The van der Waals surface area contributed by atoms with Crippen molar-refractivity contribution in [2.45, 2.75) is 19.4 Å². The van der Waals surface area contributed by atoms with Crippen LogP contribution in [-0.2, 0) is 17.8 Å². The molecule has 0 radical (unpaired) electrons. The fourth-order valence-electron chi connectivity index (χ4n) is 3.45. The predicted molar refractivity (Wildman–Crippen MR) is 106 cm³/mol. The van der Waals surface area contributed by atoms with E-state index < -0.39 is 0 Å². The Morgan fingerprint density at radius 2 is 1.86 bits per heavy atom. The lowest BCUT2D eigenvalue weighted by Crippen LogP contribution is -2.48. The highest BCUT2D eigenvalue weighted by molar-refractivity contribution is 5.76. The molecule has 3 aromatic rings. The van der Waals surface area contributed by atoms with E-state index in [1.165, 1.54) is 17.7 Å². The smallest absolute Gasteiger partial charge is 0.223 e. The number of oxazole rings is 1. The number of nitrogens with zero attached hydrogens (tertiary/aromatic N) is 4. The molecule has 0 unspecified atom stereocenters. The Kier molecular flexibility index (Phi) is 5.95. The van der Waals surface area contributed by atoms with Crippen LogP contribution >= 0.6 is 0 Å². The van der Waals surface area contributed by atoms with Gasteiger partial charge >= 0.3 is 0 Å². The average molecular weight is 394 g/mol. The molecule has 0 N–H and O–H groups in total. The summed E-state index contributed by atoms with van der Waals surface area (Å²) in [7, 11) is 0. The second kappa shape index (κ2) is 8.96. The maximum absolute atomic E-state index is 13.0. The van der Waals surface area contributed by atoms with Gasteiger partial charge in [-0.1, -0.05) is 6.07 Å². The summed E-state index contributed by atoms with van der Waals surface area (Å²) < 4.78 is 18.7. The van der Waals surface area contributed by atoms with Gasteiger partial charge in [-0.05, 0) is 35.9 Å².